The summed E-state index contributed by atoms with van der Waals surface area (Å²) in [5.41, 5.74) is 0. The van der Waals surface area contributed by atoms with Crippen molar-refractivity contribution in [2.75, 3.05) is 120 Å². The summed E-state index contributed by atoms with van der Waals surface area (Å²) in [6, 6.07) is 3.23. The number of likely N-dealkylation sites (tertiary alicyclic amines) is 2. The molecule has 6 fully saturated rings. The predicted octanol–water partition coefficient (Wildman–Crippen LogP) is 6.48. The molecule has 1 N–H and O–H groups in total. The maximum absolute atomic E-state index is 5.34. The van der Waals surface area contributed by atoms with E-state index in [9.17, 15) is 0 Å². The van der Waals surface area contributed by atoms with E-state index in [0.29, 0.717) is 12.3 Å². The van der Waals surface area contributed by atoms with E-state index in [2.05, 4.69) is 130 Å². The van der Waals surface area contributed by atoms with E-state index in [1.165, 1.54) is 103 Å². The van der Waals surface area contributed by atoms with Gasteiger partial charge in [0.2, 0.25) is 0 Å². The fourth-order valence-electron chi connectivity index (χ4n) is 7.71. The smallest absolute Gasteiger partial charge is 0.110 e. The van der Waals surface area contributed by atoms with E-state index in [4.69, 9.17) is 9.47 Å². The largest absolute Gasteiger partial charge is 0.378 e. The minimum atomic E-state index is 0.398. The highest BCUT2D eigenvalue weighted by molar-refractivity contribution is 8.00. The zero-order valence-corrected chi connectivity index (χ0v) is 37.0. The zero-order chi connectivity index (χ0) is 38.0. The van der Waals surface area contributed by atoms with Gasteiger partial charge in [-0.15, -0.1) is 11.8 Å². The summed E-state index contributed by atoms with van der Waals surface area (Å²) < 4.78 is 10.6. The Morgan fingerprint density at radius 2 is 1.10 bits per heavy atom. The Hall–Kier alpha value is -0.0100. The van der Waals surface area contributed by atoms with E-state index < -0.39 is 0 Å². The van der Waals surface area contributed by atoms with Crippen LogP contribution in [0.2, 0.25) is 0 Å². The molecule has 6 atom stereocenters. The van der Waals surface area contributed by atoms with Crippen molar-refractivity contribution in [2.45, 2.75) is 148 Å². The van der Waals surface area contributed by atoms with Crippen molar-refractivity contribution in [3.8, 4) is 0 Å². The number of morpholine rings is 1. The first-order chi connectivity index (χ1) is 24.6. The quantitative estimate of drug-likeness (QED) is 0.327. The standard InChI is InChI=1S/C8H17N.C7H16N2.C7H15NO.C7H15N.C6H13NO.C6H13NS/c1-3-8-6-4-5-7-9(8)2;1-3-7-6-8-4-5-9(7)2;1-3-7-6-9-5-4-8(7)2;1-3-7-5-4-6-8(7)2;2*1-3-6-7(2)4-5-8-6/h8H,3-7H2,1-2H3;7-8H,3-6H2,1-2H3;7H,3-6H2,1-2H3;7H,3-6H2,1-2H3;2*6H,3-5H2,1-2H3. The lowest BCUT2D eigenvalue weighted by atomic mass is 10.0. The average molecular weight is 744 g/mol. The molecule has 6 aliphatic heterocycles. The van der Waals surface area contributed by atoms with Gasteiger partial charge in [-0.05, 0) is 120 Å². The van der Waals surface area contributed by atoms with Crippen LogP contribution in [0.15, 0.2) is 0 Å². The molecule has 0 aromatic heterocycles. The van der Waals surface area contributed by atoms with Crippen LogP contribution in [0.1, 0.15) is 112 Å². The maximum atomic E-state index is 5.34. The van der Waals surface area contributed by atoms with Crippen LogP contribution in [-0.4, -0.2) is 185 Å². The second-order valence-corrected chi connectivity index (χ2v) is 16.8. The van der Waals surface area contributed by atoms with Gasteiger partial charge in [0.1, 0.15) is 6.23 Å². The number of nitrogens with zero attached hydrogens (tertiary/aromatic N) is 6. The number of piperazine rings is 1. The van der Waals surface area contributed by atoms with Crippen molar-refractivity contribution in [1.82, 2.24) is 34.7 Å². The summed E-state index contributed by atoms with van der Waals surface area (Å²) in [6.45, 7) is 25.8. The highest BCUT2D eigenvalue weighted by Gasteiger charge is 2.20. The van der Waals surface area contributed by atoms with Crippen LogP contribution < -0.4 is 5.32 Å². The normalized spacial score (nSPS) is 31.1. The minimum Gasteiger partial charge on any atom is -0.378 e. The molecule has 0 bridgehead atoms. The summed E-state index contributed by atoms with van der Waals surface area (Å²) in [5.74, 6) is 1.33. The summed E-state index contributed by atoms with van der Waals surface area (Å²) in [7, 11) is 13.1. The molecule has 306 valence electrons. The van der Waals surface area contributed by atoms with Crippen LogP contribution in [0, 0.1) is 0 Å². The van der Waals surface area contributed by atoms with Crippen molar-refractivity contribution in [2.24, 2.45) is 0 Å². The number of nitrogens with one attached hydrogen (secondary N) is 1. The molecule has 0 aromatic rings. The second kappa shape index (κ2) is 30.2. The van der Waals surface area contributed by atoms with Crippen LogP contribution in [0.25, 0.3) is 0 Å². The third kappa shape index (κ3) is 20.5. The fraction of sp³-hybridized carbons (Fsp3) is 1.00. The Labute approximate surface area is 323 Å². The molecule has 6 heterocycles. The first-order valence-corrected chi connectivity index (χ1v) is 22.3. The molecule has 6 aliphatic rings. The van der Waals surface area contributed by atoms with Crippen molar-refractivity contribution in [3.05, 3.63) is 0 Å². The van der Waals surface area contributed by atoms with Gasteiger partial charge in [-0.1, -0.05) is 48.0 Å². The van der Waals surface area contributed by atoms with Gasteiger partial charge in [0, 0.05) is 69.2 Å². The summed E-state index contributed by atoms with van der Waals surface area (Å²) >= 11 is 2.08. The second-order valence-electron chi connectivity index (χ2n) is 15.5. The molecule has 6 rings (SSSR count). The van der Waals surface area contributed by atoms with Gasteiger partial charge < -0.3 is 29.5 Å². The van der Waals surface area contributed by atoms with Gasteiger partial charge >= 0.3 is 0 Å². The van der Waals surface area contributed by atoms with Crippen molar-refractivity contribution in [1.29, 1.82) is 0 Å². The third-order valence-corrected chi connectivity index (χ3v) is 13.3. The highest BCUT2D eigenvalue weighted by Crippen LogP contribution is 2.23. The number of hydrogen-bond acceptors (Lipinski definition) is 10. The molecule has 0 aromatic carbocycles. The molecule has 0 spiro atoms. The highest BCUT2D eigenvalue weighted by atomic mass is 32.2. The van der Waals surface area contributed by atoms with E-state index in [1.54, 1.807) is 0 Å². The Morgan fingerprint density at radius 1 is 0.529 bits per heavy atom. The lowest BCUT2D eigenvalue weighted by molar-refractivity contribution is 0.00477. The lowest BCUT2D eigenvalue weighted by Gasteiger charge is -2.32. The molecular formula is C41H89N7O2S. The third-order valence-electron chi connectivity index (χ3n) is 11.8. The summed E-state index contributed by atoms with van der Waals surface area (Å²) in [5, 5.41) is 4.19. The van der Waals surface area contributed by atoms with Gasteiger partial charge in [-0.2, -0.15) is 0 Å². The molecule has 6 unspecified atom stereocenters. The molecule has 0 saturated carbocycles. The van der Waals surface area contributed by atoms with Crippen LogP contribution in [0.4, 0.5) is 0 Å². The van der Waals surface area contributed by atoms with Crippen LogP contribution in [-0.2, 0) is 9.47 Å². The number of rotatable bonds is 6. The molecule has 10 heteroatoms. The molecule has 0 radical (unpaired) electrons. The molecule has 9 nitrogen and oxygen atoms in total. The van der Waals surface area contributed by atoms with Crippen LogP contribution in [0.3, 0.4) is 0 Å². The van der Waals surface area contributed by atoms with Crippen molar-refractivity contribution < 1.29 is 9.47 Å². The Morgan fingerprint density at radius 3 is 1.45 bits per heavy atom. The number of hydrogen-bond donors (Lipinski definition) is 1. The van der Waals surface area contributed by atoms with E-state index in [1.807, 2.05) is 0 Å². The number of ether oxygens (including phenoxy) is 2. The first-order valence-electron chi connectivity index (χ1n) is 21.3. The minimum absolute atomic E-state index is 0.398. The topological polar surface area (TPSA) is 49.9 Å². The van der Waals surface area contributed by atoms with Gasteiger partial charge in [-0.3, -0.25) is 14.7 Å². The molecule has 51 heavy (non-hydrogen) atoms. The van der Waals surface area contributed by atoms with Gasteiger partial charge in [0.05, 0.1) is 25.2 Å². The predicted molar refractivity (Wildman–Crippen MR) is 225 cm³/mol. The Kier molecular flexibility index (Phi) is 29.1. The zero-order valence-electron chi connectivity index (χ0n) is 36.1. The lowest BCUT2D eigenvalue weighted by Crippen LogP contribution is -2.48. The van der Waals surface area contributed by atoms with Gasteiger partial charge in [0.25, 0.3) is 0 Å². The number of piperidine rings is 1. The van der Waals surface area contributed by atoms with Crippen molar-refractivity contribution in [3.63, 3.8) is 0 Å². The SMILES string of the molecule is CCC1CCCCN1C.CCC1CCCN1C.CCC1CNCCN1C.CCC1COCCN1C.CCC1OCCN1C.CCC1SCCN1C. The van der Waals surface area contributed by atoms with E-state index in [-0.39, 0.29) is 0 Å². The van der Waals surface area contributed by atoms with Gasteiger partial charge in [0.15, 0.2) is 0 Å². The Bertz CT molecular complexity index is 701. The van der Waals surface area contributed by atoms with Crippen LogP contribution in [0.5, 0.6) is 0 Å². The monoisotopic (exact) mass is 744 g/mol. The van der Waals surface area contributed by atoms with Crippen molar-refractivity contribution >= 4 is 11.8 Å². The molecule has 0 amide bonds. The average Bonchev–Trinajstić information content (AvgIpc) is 3.90. The molecule has 6 saturated heterocycles. The first kappa shape index (κ1) is 49.0. The maximum Gasteiger partial charge on any atom is 0.110 e. The van der Waals surface area contributed by atoms with Crippen LogP contribution >= 0.6 is 11.8 Å². The molecule has 0 aliphatic carbocycles. The van der Waals surface area contributed by atoms with Gasteiger partial charge in [-0.25, -0.2) is 0 Å². The fourth-order valence-corrected chi connectivity index (χ4v) is 8.97. The van der Waals surface area contributed by atoms with E-state index >= 15 is 0 Å². The molecular weight excluding hydrogens is 655 g/mol. The van der Waals surface area contributed by atoms with E-state index in [0.717, 1.165) is 69.4 Å². The number of likely N-dealkylation sites (N-methyl/N-ethyl adjacent to an activating group) is 3. The Balaban J connectivity index is 0.000000306. The summed E-state index contributed by atoms with van der Waals surface area (Å²) in [6.07, 6.45) is 15.0. The number of thioether (sulfide) groups is 1. The summed E-state index contributed by atoms with van der Waals surface area (Å²) in [4.78, 5) is 14.4.